The molecule has 0 saturated carbocycles. The molecule has 1 fully saturated rings. The lowest BCUT2D eigenvalue weighted by Gasteiger charge is -2.37. The number of aryl methyl sites for hydroxylation is 2. The Morgan fingerprint density at radius 1 is 0.690 bits per heavy atom. The maximum absolute atomic E-state index is 5.55. The lowest BCUT2D eigenvalue weighted by atomic mass is 10.1. The number of nitrogens with zero attached hydrogens (tertiary/aromatic N) is 2. The summed E-state index contributed by atoms with van der Waals surface area (Å²) in [4.78, 5) is 2.33. The minimum atomic E-state index is 0.864. The molecule has 1 aliphatic rings. The van der Waals surface area contributed by atoms with Crippen LogP contribution in [0.4, 0.5) is 17.1 Å². The van der Waals surface area contributed by atoms with Crippen molar-refractivity contribution in [1.29, 1.82) is 0 Å². The second kappa shape index (κ2) is 8.40. The topological polar surface area (TPSA) is 12.5 Å². The Hall–Kier alpha value is -2.62. The van der Waals surface area contributed by atoms with Crippen LogP contribution >= 0.6 is 0 Å². The first-order valence-corrected chi connectivity index (χ1v) is 10.5. The van der Waals surface area contributed by atoms with E-state index >= 15 is 0 Å². The van der Waals surface area contributed by atoms with Gasteiger partial charge in [0.25, 0.3) is 0 Å². The minimum absolute atomic E-state index is 0.864. The molecular weight excluding hydrogens is 356 g/mol. The minimum Gasteiger partial charge on any atom is -0.370 e. The summed E-state index contributed by atoms with van der Waals surface area (Å²) in [5, 5.41) is 0. The summed E-state index contributed by atoms with van der Waals surface area (Å²) >= 11 is 0. The zero-order valence-electron chi connectivity index (χ0n) is 17.8. The SMILES string of the molecule is Cc1ccc(N(c2ccc(C)cc2)c2ccc(C[N+]3(C)CCOCC3)cc2)cc1. The third-order valence-corrected chi connectivity index (χ3v) is 5.89. The van der Waals surface area contributed by atoms with Crippen LogP contribution in [-0.2, 0) is 11.3 Å². The van der Waals surface area contributed by atoms with Gasteiger partial charge in [-0.2, -0.15) is 0 Å². The monoisotopic (exact) mass is 387 g/mol. The summed E-state index contributed by atoms with van der Waals surface area (Å²) in [5.74, 6) is 0. The summed E-state index contributed by atoms with van der Waals surface area (Å²) in [6, 6.07) is 26.6. The van der Waals surface area contributed by atoms with Gasteiger partial charge in [0, 0.05) is 22.6 Å². The molecule has 4 rings (SSSR count). The fourth-order valence-electron chi connectivity index (χ4n) is 3.97. The lowest BCUT2D eigenvalue weighted by Crippen LogP contribution is -2.51. The summed E-state index contributed by atoms with van der Waals surface area (Å²) in [6.45, 7) is 9.21. The predicted octanol–water partition coefficient (Wildman–Crippen LogP) is 5.75. The summed E-state index contributed by atoms with van der Waals surface area (Å²) in [7, 11) is 2.33. The van der Waals surface area contributed by atoms with Crippen LogP contribution in [-0.4, -0.2) is 37.8 Å². The van der Waals surface area contributed by atoms with Gasteiger partial charge in [-0.25, -0.2) is 0 Å². The number of anilines is 3. The third-order valence-electron chi connectivity index (χ3n) is 5.89. The highest BCUT2D eigenvalue weighted by Gasteiger charge is 2.25. The van der Waals surface area contributed by atoms with E-state index in [1.807, 2.05) is 0 Å². The van der Waals surface area contributed by atoms with Crippen molar-refractivity contribution in [2.45, 2.75) is 20.4 Å². The predicted molar refractivity (Wildman–Crippen MR) is 121 cm³/mol. The van der Waals surface area contributed by atoms with Crippen LogP contribution in [0.2, 0.25) is 0 Å². The smallest absolute Gasteiger partial charge is 0.104 e. The first kappa shape index (κ1) is 19.7. The van der Waals surface area contributed by atoms with Gasteiger partial charge < -0.3 is 14.1 Å². The van der Waals surface area contributed by atoms with Crippen molar-refractivity contribution in [3.63, 3.8) is 0 Å². The van der Waals surface area contributed by atoms with Gasteiger partial charge in [0.15, 0.2) is 0 Å². The number of quaternary nitrogens is 1. The molecule has 3 aromatic carbocycles. The third kappa shape index (κ3) is 4.69. The normalized spacial score (nSPS) is 15.8. The second-order valence-corrected chi connectivity index (χ2v) is 8.51. The largest absolute Gasteiger partial charge is 0.370 e. The molecule has 1 saturated heterocycles. The molecule has 0 unspecified atom stereocenters. The van der Waals surface area contributed by atoms with Crippen molar-refractivity contribution in [2.75, 3.05) is 38.3 Å². The summed E-state index contributed by atoms with van der Waals surface area (Å²) in [5.41, 5.74) is 7.47. The Morgan fingerprint density at radius 2 is 1.10 bits per heavy atom. The molecule has 0 aliphatic carbocycles. The molecule has 29 heavy (non-hydrogen) atoms. The van der Waals surface area contributed by atoms with Crippen LogP contribution < -0.4 is 4.90 Å². The average molecular weight is 388 g/mol. The van der Waals surface area contributed by atoms with Gasteiger partial charge in [0.05, 0.1) is 20.3 Å². The van der Waals surface area contributed by atoms with Gasteiger partial charge in [-0.1, -0.05) is 47.5 Å². The number of likely N-dealkylation sites (N-methyl/N-ethyl adjacent to an activating group) is 1. The highest BCUT2D eigenvalue weighted by Crippen LogP contribution is 2.35. The Morgan fingerprint density at radius 3 is 1.55 bits per heavy atom. The van der Waals surface area contributed by atoms with E-state index in [1.165, 1.54) is 33.8 Å². The molecule has 1 heterocycles. The molecule has 3 nitrogen and oxygen atoms in total. The Balaban J connectivity index is 1.63. The highest BCUT2D eigenvalue weighted by molar-refractivity contribution is 5.76. The van der Waals surface area contributed by atoms with Crippen molar-refractivity contribution >= 4 is 17.1 Å². The van der Waals surface area contributed by atoms with Crippen LogP contribution in [0.1, 0.15) is 16.7 Å². The van der Waals surface area contributed by atoms with E-state index in [9.17, 15) is 0 Å². The number of hydrogen-bond acceptors (Lipinski definition) is 2. The number of hydrogen-bond donors (Lipinski definition) is 0. The number of rotatable bonds is 5. The molecule has 0 N–H and O–H groups in total. The van der Waals surface area contributed by atoms with Crippen molar-refractivity contribution in [2.24, 2.45) is 0 Å². The van der Waals surface area contributed by atoms with Crippen LogP contribution in [0.25, 0.3) is 0 Å². The molecule has 3 aromatic rings. The van der Waals surface area contributed by atoms with Gasteiger partial charge in [0.1, 0.15) is 19.6 Å². The fourth-order valence-corrected chi connectivity index (χ4v) is 3.97. The maximum atomic E-state index is 5.55. The summed E-state index contributed by atoms with van der Waals surface area (Å²) < 4.78 is 6.60. The zero-order chi connectivity index (χ0) is 20.3. The first-order valence-electron chi connectivity index (χ1n) is 10.5. The molecule has 0 radical (unpaired) electrons. The van der Waals surface area contributed by atoms with Crippen molar-refractivity contribution in [3.8, 4) is 0 Å². The van der Waals surface area contributed by atoms with Crippen LogP contribution in [0, 0.1) is 13.8 Å². The van der Waals surface area contributed by atoms with Crippen molar-refractivity contribution in [1.82, 2.24) is 0 Å². The standard InChI is InChI=1S/C26H31N2O/c1-21-4-10-24(11-5-21)27(25-12-6-22(2)7-13-25)26-14-8-23(9-15-26)20-28(3)16-18-29-19-17-28/h4-15H,16-20H2,1-3H3/q+1. The second-order valence-electron chi connectivity index (χ2n) is 8.51. The molecular formula is C26H31N2O+. The quantitative estimate of drug-likeness (QED) is 0.517. The van der Waals surface area contributed by atoms with E-state index in [-0.39, 0.29) is 0 Å². The molecule has 150 valence electrons. The average Bonchev–Trinajstić information content (AvgIpc) is 2.72. The molecule has 0 atom stereocenters. The summed E-state index contributed by atoms with van der Waals surface area (Å²) in [6.07, 6.45) is 0. The van der Waals surface area contributed by atoms with Crippen molar-refractivity contribution < 1.29 is 9.22 Å². The van der Waals surface area contributed by atoms with E-state index in [4.69, 9.17) is 4.74 Å². The Bertz CT molecular complexity index is 878. The van der Waals surface area contributed by atoms with Gasteiger partial charge in [-0.15, -0.1) is 0 Å². The van der Waals surface area contributed by atoms with E-state index < -0.39 is 0 Å². The van der Waals surface area contributed by atoms with E-state index in [0.29, 0.717) is 0 Å². The number of ether oxygens (including phenoxy) is 1. The molecule has 3 heteroatoms. The van der Waals surface area contributed by atoms with Gasteiger partial charge in [-0.3, -0.25) is 0 Å². The van der Waals surface area contributed by atoms with Crippen LogP contribution in [0.5, 0.6) is 0 Å². The first-order chi connectivity index (χ1) is 14.0. The van der Waals surface area contributed by atoms with Crippen molar-refractivity contribution in [3.05, 3.63) is 89.5 Å². The maximum Gasteiger partial charge on any atom is 0.104 e. The molecule has 0 bridgehead atoms. The van der Waals surface area contributed by atoms with Gasteiger partial charge >= 0.3 is 0 Å². The molecule has 0 aromatic heterocycles. The molecule has 0 spiro atoms. The fraction of sp³-hybridized carbons (Fsp3) is 0.308. The van der Waals surface area contributed by atoms with Crippen LogP contribution in [0.3, 0.4) is 0 Å². The highest BCUT2D eigenvalue weighted by atomic mass is 16.5. The Labute approximate surface area is 174 Å². The lowest BCUT2D eigenvalue weighted by molar-refractivity contribution is -0.929. The zero-order valence-corrected chi connectivity index (χ0v) is 17.8. The van der Waals surface area contributed by atoms with Crippen LogP contribution in [0.15, 0.2) is 72.8 Å². The Kier molecular flexibility index (Phi) is 5.70. The number of morpholine rings is 1. The van der Waals surface area contributed by atoms with E-state index in [2.05, 4.69) is 98.6 Å². The van der Waals surface area contributed by atoms with Gasteiger partial charge in [-0.05, 0) is 50.2 Å². The molecule has 0 amide bonds. The van der Waals surface area contributed by atoms with E-state index in [1.54, 1.807) is 0 Å². The van der Waals surface area contributed by atoms with Gasteiger partial charge in [0.2, 0.25) is 0 Å². The molecule has 1 aliphatic heterocycles. The number of benzene rings is 3. The van der Waals surface area contributed by atoms with E-state index in [0.717, 1.165) is 37.3 Å².